The molecule has 6 rings (SSSR count). The van der Waals surface area contributed by atoms with Crippen LogP contribution in [-0.2, 0) is 9.59 Å². The van der Waals surface area contributed by atoms with E-state index in [1.807, 2.05) is 119 Å². The molecule has 0 atom stereocenters. The molecule has 52 heavy (non-hydrogen) atoms. The summed E-state index contributed by atoms with van der Waals surface area (Å²) in [6.45, 7) is 0. The van der Waals surface area contributed by atoms with Crippen molar-refractivity contribution in [1.29, 1.82) is 21.0 Å². The lowest BCUT2D eigenvalue weighted by Gasteiger charge is -2.19. The van der Waals surface area contributed by atoms with E-state index in [1.54, 1.807) is 25.0 Å². The molecule has 0 aliphatic carbocycles. The summed E-state index contributed by atoms with van der Waals surface area (Å²) in [5.41, 5.74) is 6.76. The van der Waals surface area contributed by atoms with Gasteiger partial charge in [-0.15, -0.1) is 0 Å². The minimum Gasteiger partial charge on any atom is -0.481 e. The molecule has 12 nitrogen and oxygen atoms in total. The molecule has 4 aromatic carbocycles. The lowest BCUT2D eigenvalue weighted by atomic mass is 9.97. The second-order valence-corrected chi connectivity index (χ2v) is 11.0. The summed E-state index contributed by atoms with van der Waals surface area (Å²) in [6, 6.07) is 38.5. The summed E-state index contributed by atoms with van der Waals surface area (Å²) in [7, 11) is 0. The maximum absolute atomic E-state index is 9.64. The van der Waals surface area contributed by atoms with Gasteiger partial charge in [-0.05, 0) is 70.8 Å². The number of nitrogens with zero attached hydrogens (tertiary/aromatic N) is 8. The smallest absolute Gasteiger partial charge is 0.303 e. The zero-order valence-corrected chi connectivity index (χ0v) is 27.6. The normalized spacial score (nSPS) is 9.88. The van der Waals surface area contributed by atoms with E-state index >= 15 is 0 Å². The summed E-state index contributed by atoms with van der Waals surface area (Å²) in [4.78, 5) is 27.5. The van der Waals surface area contributed by atoms with Crippen molar-refractivity contribution < 1.29 is 19.8 Å². The number of hydrogen-bond acceptors (Lipinski definition) is 8. The maximum atomic E-state index is 9.64. The van der Waals surface area contributed by atoms with Crippen LogP contribution in [0.4, 0.5) is 0 Å². The van der Waals surface area contributed by atoms with Crippen LogP contribution >= 0.6 is 0 Å². The Morgan fingerprint density at radius 1 is 0.500 bits per heavy atom. The van der Waals surface area contributed by atoms with Crippen LogP contribution in [0.1, 0.15) is 69.4 Å². The Bertz CT molecular complexity index is 1940. The van der Waals surface area contributed by atoms with E-state index in [0.717, 1.165) is 22.3 Å². The Morgan fingerprint density at radius 2 is 0.750 bits per heavy atom. The minimum absolute atomic E-state index is 0.0389. The number of carboxylic acid groups (broad SMARTS) is 2. The highest BCUT2D eigenvalue weighted by molar-refractivity contribution is 5.75. The Hall–Kier alpha value is -7.80. The summed E-state index contributed by atoms with van der Waals surface area (Å²) in [6.07, 6.45) is 10.2. The molecule has 0 saturated carbocycles. The third-order valence-electron chi connectivity index (χ3n) is 7.62. The van der Waals surface area contributed by atoms with E-state index < -0.39 is 11.9 Å². The monoisotopic (exact) mass is 686 g/mol. The van der Waals surface area contributed by atoms with Gasteiger partial charge in [-0.25, -0.2) is 9.97 Å². The number of imidazole rings is 2. The lowest BCUT2D eigenvalue weighted by Crippen LogP contribution is -2.10. The van der Waals surface area contributed by atoms with Crippen LogP contribution in [0.15, 0.2) is 135 Å². The zero-order chi connectivity index (χ0) is 37.3. The summed E-state index contributed by atoms with van der Waals surface area (Å²) >= 11 is 0. The van der Waals surface area contributed by atoms with Gasteiger partial charge in [-0.3, -0.25) is 9.59 Å². The molecular weight excluding hydrogens is 656 g/mol. The molecule has 254 valence electrons. The first-order chi connectivity index (χ1) is 25.3. The number of hydrogen-bond donors (Lipinski definition) is 2. The van der Waals surface area contributed by atoms with Gasteiger partial charge in [0.2, 0.25) is 0 Å². The number of aromatic nitrogens is 4. The molecule has 0 fully saturated rings. The first-order valence-electron chi connectivity index (χ1n) is 15.6. The van der Waals surface area contributed by atoms with E-state index in [2.05, 4.69) is 34.2 Å². The maximum Gasteiger partial charge on any atom is 0.303 e. The Morgan fingerprint density at radius 3 is 0.923 bits per heavy atom. The molecule has 0 aliphatic heterocycles. The van der Waals surface area contributed by atoms with Crippen molar-refractivity contribution in [1.82, 2.24) is 19.1 Å². The molecule has 6 aromatic rings. The molecule has 12 heteroatoms. The zero-order valence-electron chi connectivity index (χ0n) is 27.6. The average molecular weight is 687 g/mol. The van der Waals surface area contributed by atoms with Crippen LogP contribution in [0.3, 0.4) is 0 Å². The van der Waals surface area contributed by atoms with Crippen LogP contribution in [0.2, 0.25) is 0 Å². The van der Waals surface area contributed by atoms with Gasteiger partial charge in [0.25, 0.3) is 0 Å². The van der Waals surface area contributed by atoms with E-state index in [1.165, 1.54) is 0 Å². The van der Waals surface area contributed by atoms with Gasteiger partial charge in [-0.1, -0.05) is 48.5 Å². The highest BCUT2D eigenvalue weighted by atomic mass is 16.4. The number of rotatable bonds is 9. The third-order valence-corrected chi connectivity index (χ3v) is 7.62. The van der Waals surface area contributed by atoms with Gasteiger partial charge in [0.1, 0.15) is 0 Å². The highest BCUT2D eigenvalue weighted by Gasteiger charge is 2.17. The lowest BCUT2D eigenvalue weighted by molar-refractivity contribution is -0.143. The largest absolute Gasteiger partial charge is 0.481 e. The van der Waals surface area contributed by atoms with Crippen molar-refractivity contribution in [2.24, 2.45) is 0 Å². The van der Waals surface area contributed by atoms with Crippen LogP contribution in [0.25, 0.3) is 0 Å². The van der Waals surface area contributed by atoms with E-state index in [4.69, 9.17) is 31.3 Å². The fourth-order valence-corrected chi connectivity index (χ4v) is 5.09. The summed E-state index contributed by atoms with van der Waals surface area (Å²) in [5.74, 6) is -2.15. The van der Waals surface area contributed by atoms with E-state index in [0.29, 0.717) is 22.3 Å². The van der Waals surface area contributed by atoms with Gasteiger partial charge >= 0.3 is 11.9 Å². The molecule has 0 bridgehead atoms. The van der Waals surface area contributed by atoms with Crippen molar-refractivity contribution in [3.63, 3.8) is 0 Å². The summed E-state index contributed by atoms with van der Waals surface area (Å²) in [5, 5.41) is 51.5. The van der Waals surface area contributed by atoms with E-state index in [9.17, 15) is 9.59 Å². The van der Waals surface area contributed by atoms with E-state index in [-0.39, 0.29) is 24.9 Å². The Kier molecular flexibility index (Phi) is 13.3. The molecule has 2 aromatic heterocycles. The van der Waals surface area contributed by atoms with Gasteiger partial charge < -0.3 is 19.3 Å². The topological polar surface area (TPSA) is 205 Å². The van der Waals surface area contributed by atoms with Crippen molar-refractivity contribution >= 4 is 11.9 Å². The second kappa shape index (κ2) is 18.7. The first kappa shape index (κ1) is 37.0. The number of carboxylic acids is 2. The van der Waals surface area contributed by atoms with Gasteiger partial charge in [0.15, 0.2) is 0 Å². The van der Waals surface area contributed by atoms with Gasteiger partial charge in [0, 0.05) is 24.8 Å². The van der Waals surface area contributed by atoms with Crippen LogP contribution in [-0.4, -0.2) is 41.3 Å². The first-order valence-corrected chi connectivity index (χ1v) is 15.6. The molecule has 0 saturated heterocycles. The van der Waals surface area contributed by atoms with Crippen molar-refractivity contribution in [3.05, 3.63) is 179 Å². The Balaban J connectivity index is 0.000000193. The molecule has 0 amide bonds. The predicted octanol–water partition coefficient (Wildman–Crippen LogP) is 6.46. The van der Waals surface area contributed by atoms with Crippen LogP contribution in [0, 0.1) is 45.3 Å². The highest BCUT2D eigenvalue weighted by Crippen LogP contribution is 2.28. The number of aliphatic carboxylic acids is 2. The van der Waals surface area contributed by atoms with Gasteiger partial charge in [-0.2, -0.15) is 21.0 Å². The minimum atomic E-state index is -1.08. The Labute approximate surface area is 299 Å². The standard InChI is InChI=1S/2C18H12N4.C4H6O4/c2*19-11-14-1-5-16(6-2-14)18(22-10-9-21-13-22)17-7-3-15(12-20)4-8-17;5-3(6)1-2-4(7)8/h2*1-10,13,18H;1-2H2,(H,5,6)(H,7,8). The van der Waals surface area contributed by atoms with Gasteiger partial charge in [0.05, 0.1) is 84.1 Å². The molecule has 0 spiro atoms. The second-order valence-electron chi connectivity index (χ2n) is 11.0. The third kappa shape index (κ3) is 10.3. The number of nitriles is 4. The van der Waals surface area contributed by atoms with Crippen molar-refractivity contribution in [3.8, 4) is 24.3 Å². The number of benzene rings is 4. The fraction of sp³-hybridized carbons (Fsp3) is 0.100. The van der Waals surface area contributed by atoms with Crippen molar-refractivity contribution in [2.45, 2.75) is 24.9 Å². The van der Waals surface area contributed by atoms with Crippen LogP contribution < -0.4 is 0 Å². The number of carbonyl (C=O) groups is 2. The SMILES string of the molecule is N#Cc1ccc(C(c2ccc(C#N)cc2)n2ccnc2)cc1.N#Cc1ccc(C(c2ccc(C#N)cc2)n2ccnc2)cc1.O=C(O)CCC(=O)O. The average Bonchev–Trinajstić information content (AvgIpc) is 3.92. The fourth-order valence-electron chi connectivity index (χ4n) is 5.09. The predicted molar refractivity (Wildman–Crippen MR) is 188 cm³/mol. The summed E-state index contributed by atoms with van der Waals surface area (Å²) < 4.78 is 4.01. The van der Waals surface area contributed by atoms with Crippen LogP contribution in [0.5, 0.6) is 0 Å². The molecule has 2 heterocycles. The van der Waals surface area contributed by atoms with Crippen molar-refractivity contribution in [2.75, 3.05) is 0 Å². The molecule has 0 aliphatic rings. The molecular formula is C40H30N8O4. The molecule has 0 radical (unpaired) electrons. The quantitative estimate of drug-likeness (QED) is 0.170. The molecule has 2 N–H and O–H groups in total. The molecule has 0 unspecified atom stereocenters.